The molecule has 0 spiro atoms. The quantitative estimate of drug-likeness (QED) is 0.763. The number of rotatable bonds is 7. The largest absolute Gasteiger partial charge is 0.374 e. The van der Waals surface area contributed by atoms with E-state index < -0.39 is 23.6 Å². The van der Waals surface area contributed by atoms with Gasteiger partial charge < -0.3 is 19.3 Å². The minimum absolute atomic E-state index is 0.0593. The number of hydrogen-bond acceptors (Lipinski definition) is 4. The Morgan fingerprint density at radius 2 is 1.56 bits per heavy atom. The van der Waals surface area contributed by atoms with Crippen LogP contribution < -0.4 is 0 Å². The molecular formula is C19H20ClFO4. The van der Waals surface area contributed by atoms with Crippen molar-refractivity contribution in [3.8, 4) is 0 Å². The summed E-state index contributed by atoms with van der Waals surface area (Å²) < 4.78 is 31.0. The monoisotopic (exact) mass is 366 g/mol. The second-order valence-corrected chi connectivity index (χ2v) is 6.50. The first-order valence-electron chi connectivity index (χ1n) is 8.06. The standard InChI is InChI=1S/C19H20ClFO4/c20-19(21)17(24-12-15-9-5-2-6-10-15)16(25-18(19)22)13-23-11-14-7-3-1-4-8-14/h1-10,16-18,22H,11-13H2/t16-,17-,18?,19-/m1/s1. The Morgan fingerprint density at radius 1 is 1.00 bits per heavy atom. The van der Waals surface area contributed by atoms with Crippen LogP contribution in [0.5, 0.6) is 0 Å². The van der Waals surface area contributed by atoms with Gasteiger partial charge in [-0.05, 0) is 11.1 Å². The van der Waals surface area contributed by atoms with Crippen molar-refractivity contribution < 1.29 is 23.7 Å². The Morgan fingerprint density at radius 3 is 2.16 bits per heavy atom. The predicted molar refractivity (Wildman–Crippen MR) is 91.7 cm³/mol. The lowest BCUT2D eigenvalue weighted by Crippen LogP contribution is -2.42. The van der Waals surface area contributed by atoms with Crippen molar-refractivity contribution in [1.82, 2.24) is 0 Å². The molecule has 0 aliphatic carbocycles. The maximum atomic E-state index is 14.6. The minimum Gasteiger partial charge on any atom is -0.374 e. The Bertz CT molecular complexity index is 653. The number of ether oxygens (including phenoxy) is 3. The van der Waals surface area contributed by atoms with Crippen LogP contribution >= 0.6 is 11.6 Å². The second kappa shape index (κ2) is 8.25. The molecule has 6 heteroatoms. The molecule has 1 N–H and O–H groups in total. The zero-order valence-corrected chi connectivity index (χ0v) is 14.3. The highest BCUT2D eigenvalue weighted by Crippen LogP contribution is 2.39. The summed E-state index contributed by atoms with van der Waals surface area (Å²) in [4.78, 5) is 0. The molecule has 1 fully saturated rings. The van der Waals surface area contributed by atoms with Crippen LogP contribution in [0.4, 0.5) is 4.39 Å². The first-order valence-corrected chi connectivity index (χ1v) is 8.43. The van der Waals surface area contributed by atoms with Gasteiger partial charge in [-0.25, -0.2) is 4.39 Å². The van der Waals surface area contributed by atoms with Crippen molar-refractivity contribution in [2.75, 3.05) is 6.61 Å². The third-order valence-corrected chi connectivity index (χ3v) is 4.42. The fourth-order valence-electron chi connectivity index (χ4n) is 2.69. The summed E-state index contributed by atoms with van der Waals surface area (Å²) in [6, 6.07) is 18.9. The predicted octanol–water partition coefficient (Wildman–Crippen LogP) is 3.41. The van der Waals surface area contributed by atoms with Crippen molar-refractivity contribution in [3.05, 3.63) is 71.8 Å². The average molecular weight is 367 g/mol. The molecule has 1 saturated heterocycles. The van der Waals surface area contributed by atoms with E-state index in [0.717, 1.165) is 11.1 Å². The summed E-state index contributed by atoms with van der Waals surface area (Å²) in [5, 5.41) is 7.23. The van der Waals surface area contributed by atoms with Crippen LogP contribution in [-0.2, 0) is 27.4 Å². The number of aliphatic hydroxyl groups excluding tert-OH is 1. The lowest BCUT2D eigenvalue weighted by molar-refractivity contribution is -0.134. The van der Waals surface area contributed by atoms with Gasteiger partial charge in [-0.2, -0.15) is 0 Å². The van der Waals surface area contributed by atoms with Crippen molar-refractivity contribution in [1.29, 1.82) is 0 Å². The summed E-state index contributed by atoms with van der Waals surface area (Å²) in [6.45, 7) is 0.572. The van der Waals surface area contributed by atoms with Crippen LogP contribution in [0.2, 0.25) is 0 Å². The molecule has 1 heterocycles. The van der Waals surface area contributed by atoms with Crippen LogP contribution in [0.3, 0.4) is 0 Å². The first kappa shape index (κ1) is 18.3. The fourth-order valence-corrected chi connectivity index (χ4v) is 2.94. The lowest BCUT2D eigenvalue weighted by atomic mass is 10.1. The van der Waals surface area contributed by atoms with Gasteiger partial charge in [0, 0.05) is 0 Å². The van der Waals surface area contributed by atoms with E-state index in [2.05, 4.69) is 0 Å². The fraction of sp³-hybridized carbons (Fsp3) is 0.368. The van der Waals surface area contributed by atoms with Crippen LogP contribution in [0, 0.1) is 0 Å². The van der Waals surface area contributed by atoms with E-state index in [1.165, 1.54) is 0 Å². The maximum Gasteiger partial charge on any atom is 0.262 e. The number of alkyl halides is 2. The number of aliphatic hydroxyl groups is 1. The zero-order chi connectivity index (χ0) is 17.7. The van der Waals surface area contributed by atoms with Gasteiger partial charge in [0.15, 0.2) is 0 Å². The highest BCUT2D eigenvalue weighted by atomic mass is 35.5. The van der Waals surface area contributed by atoms with Crippen LogP contribution in [0.1, 0.15) is 11.1 Å². The molecule has 4 nitrogen and oxygen atoms in total. The van der Waals surface area contributed by atoms with Crippen molar-refractivity contribution in [3.63, 3.8) is 0 Å². The lowest BCUT2D eigenvalue weighted by Gasteiger charge is -2.24. The molecule has 1 aliphatic heterocycles. The molecule has 4 atom stereocenters. The minimum atomic E-state index is -2.52. The Hall–Kier alpha value is -1.50. The maximum absolute atomic E-state index is 14.6. The summed E-state index contributed by atoms with van der Waals surface area (Å²) in [5.41, 5.74) is 1.86. The van der Waals surface area contributed by atoms with Gasteiger partial charge >= 0.3 is 0 Å². The van der Waals surface area contributed by atoms with E-state index in [4.69, 9.17) is 25.8 Å². The number of halogens is 2. The molecule has 134 valence electrons. The topological polar surface area (TPSA) is 47.9 Å². The SMILES string of the molecule is OC1O[C@H](COCc2ccccc2)[C@@H](OCc2ccccc2)[C@]1(F)Cl. The Kier molecular flexibility index (Phi) is 6.04. The van der Waals surface area contributed by atoms with Gasteiger partial charge in [0.05, 0.1) is 19.8 Å². The molecule has 2 aromatic carbocycles. The smallest absolute Gasteiger partial charge is 0.262 e. The number of hydrogen-bond donors (Lipinski definition) is 1. The van der Waals surface area contributed by atoms with Crippen LogP contribution in [0.15, 0.2) is 60.7 Å². The average Bonchev–Trinajstić information content (AvgIpc) is 2.84. The molecule has 3 rings (SSSR count). The number of benzene rings is 2. The first-order chi connectivity index (χ1) is 12.1. The molecule has 0 radical (unpaired) electrons. The zero-order valence-electron chi connectivity index (χ0n) is 13.6. The molecule has 25 heavy (non-hydrogen) atoms. The molecule has 0 saturated carbocycles. The summed E-state index contributed by atoms with van der Waals surface area (Å²) in [6.07, 6.45) is -3.70. The highest BCUT2D eigenvalue weighted by Gasteiger charge is 2.57. The Labute approximate surface area is 151 Å². The van der Waals surface area contributed by atoms with E-state index in [-0.39, 0.29) is 13.2 Å². The van der Waals surface area contributed by atoms with Gasteiger partial charge in [0.25, 0.3) is 5.13 Å². The van der Waals surface area contributed by atoms with E-state index in [1.54, 1.807) is 0 Å². The van der Waals surface area contributed by atoms with E-state index in [9.17, 15) is 9.50 Å². The van der Waals surface area contributed by atoms with Crippen LogP contribution in [-0.4, -0.2) is 35.3 Å². The van der Waals surface area contributed by atoms with E-state index in [0.29, 0.717) is 6.61 Å². The van der Waals surface area contributed by atoms with Gasteiger partial charge in [0.1, 0.15) is 12.2 Å². The van der Waals surface area contributed by atoms with Crippen LogP contribution in [0.25, 0.3) is 0 Å². The molecule has 1 unspecified atom stereocenters. The molecule has 2 aromatic rings. The van der Waals surface area contributed by atoms with Crippen molar-refractivity contribution >= 4 is 11.6 Å². The van der Waals surface area contributed by atoms with E-state index in [1.807, 2.05) is 60.7 Å². The summed E-state index contributed by atoms with van der Waals surface area (Å²) >= 11 is 5.82. The van der Waals surface area contributed by atoms with Crippen molar-refractivity contribution in [2.24, 2.45) is 0 Å². The Balaban J connectivity index is 1.58. The van der Waals surface area contributed by atoms with Gasteiger partial charge in [0.2, 0.25) is 6.29 Å². The molecular weight excluding hydrogens is 347 g/mol. The van der Waals surface area contributed by atoms with Gasteiger partial charge in [-0.3, -0.25) is 0 Å². The summed E-state index contributed by atoms with van der Waals surface area (Å²) in [7, 11) is 0. The van der Waals surface area contributed by atoms with Gasteiger partial charge in [-0.1, -0.05) is 72.3 Å². The van der Waals surface area contributed by atoms with E-state index >= 15 is 0 Å². The highest BCUT2D eigenvalue weighted by molar-refractivity contribution is 6.23. The van der Waals surface area contributed by atoms with Crippen molar-refractivity contribution in [2.45, 2.75) is 36.8 Å². The molecule has 0 aromatic heterocycles. The third-order valence-electron chi connectivity index (χ3n) is 4.02. The van der Waals surface area contributed by atoms with Gasteiger partial charge in [-0.15, -0.1) is 0 Å². The molecule has 1 aliphatic rings. The third kappa shape index (κ3) is 4.57. The molecule has 0 amide bonds. The second-order valence-electron chi connectivity index (χ2n) is 5.92. The molecule has 0 bridgehead atoms. The summed E-state index contributed by atoms with van der Waals surface area (Å²) in [5.74, 6) is 0. The normalized spacial score (nSPS) is 29.0.